The number of hydrogen-bond acceptors (Lipinski definition) is 3. The lowest BCUT2D eigenvalue weighted by atomic mass is 10.1. The van der Waals surface area contributed by atoms with Crippen LogP contribution in [0.25, 0.3) is 0 Å². The standard InChI is InChI=1S/C18H15ClN2O3/c1-11-5-6-14-15(7-11)18(24)21(17(14)23)10-16(22)20-9-12-3-2-4-13(19)8-12/h2-8H,9-10H2,1H3,(H,20,22). The van der Waals surface area contributed by atoms with Crippen molar-refractivity contribution in [2.24, 2.45) is 0 Å². The molecule has 0 unspecified atom stereocenters. The Balaban J connectivity index is 1.65. The van der Waals surface area contributed by atoms with Crippen LogP contribution in [0.5, 0.6) is 0 Å². The summed E-state index contributed by atoms with van der Waals surface area (Å²) < 4.78 is 0. The smallest absolute Gasteiger partial charge is 0.262 e. The molecule has 2 aromatic carbocycles. The van der Waals surface area contributed by atoms with Crippen molar-refractivity contribution in [2.75, 3.05) is 6.54 Å². The molecule has 0 radical (unpaired) electrons. The van der Waals surface area contributed by atoms with E-state index >= 15 is 0 Å². The minimum absolute atomic E-state index is 0.279. The number of hydrogen-bond donors (Lipinski definition) is 1. The maximum absolute atomic E-state index is 12.3. The highest BCUT2D eigenvalue weighted by molar-refractivity contribution is 6.30. The number of halogens is 1. The summed E-state index contributed by atoms with van der Waals surface area (Å²) in [4.78, 5) is 37.6. The predicted molar refractivity (Wildman–Crippen MR) is 89.8 cm³/mol. The second kappa shape index (κ2) is 6.45. The van der Waals surface area contributed by atoms with E-state index in [2.05, 4.69) is 5.32 Å². The van der Waals surface area contributed by atoms with Gasteiger partial charge in [0.1, 0.15) is 6.54 Å². The molecule has 3 rings (SSSR count). The Morgan fingerprint density at radius 1 is 1.08 bits per heavy atom. The average molecular weight is 343 g/mol. The van der Waals surface area contributed by atoms with Crippen molar-refractivity contribution in [3.8, 4) is 0 Å². The summed E-state index contributed by atoms with van der Waals surface area (Å²) in [6, 6.07) is 12.2. The minimum atomic E-state index is -0.437. The van der Waals surface area contributed by atoms with Gasteiger partial charge in [-0.05, 0) is 36.8 Å². The van der Waals surface area contributed by atoms with Gasteiger partial charge in [0.2, 0.25) is 5.91 Å². The molecule has 0 saturated carbocycles. The van der Waals surface area contributed by atoms with Gasteiger partial charge in [-0.2, -0.15) is 0 Å². The lowest BCUT2D eigenvalue weighted by Gasteiger charge is -2.13. The Morgan fingerprint density at radius 3 is 2.58 bits per heavy atom. The molecule has 2 aromatic rings. The molecule has 1 heterocycles. The van der Waals surface area contributed by atoms with Gasteiger partial charge in [-0.1, -0.05) is 35.4 Å². The first kappa shape index (κ1) is 16.2. The van der Waals surface area contributed by atoms with Gasteiger partial charge in [0.05, 0.1) is 11.1 Å². The number of amides is 3. The second-order valence-corrected chi connectivity index (χ2v) is 6.09. The largest absolute Gasteiger partial charge is 0.350 e. The molecular weight excluding hydrogens is 328 g/mol. The number of aryl methyl sites for hydroxylation is 1. The number of nitrogens with one attached hydrogen (secondary N) is 1. The topological polar surface area (TPSA) is 66.5 Å². The van der Waals surface area contributed by atoms with Crippen LogP contribution in [0.15, 0.2) is 42.5 Å². The summed E-state index contributed by atoms with van der Waals surface area (Å²) >= 11 is 5.89. The molecule has 6 heteroatoms. The fourth-order valence-electron chi connectivity index (χ4n) is 2.60. The summed E-state index contributed by atoms with van der Waals surface area (Å²) in [7, 11) is 0. The van der Waals surface area contributed by atoms with Gasteiger partial charge < -0.3 is 5.32 Å². The zero-order valence-corrected chi connectivity index (χ0v) is 13.8. The van der Waals surface area contributed by atoms with Gasteiger partial charge in [0.25, 0.3) is 11.8 Å². The SMILES string of the molecule is Cc1ccc2c(c1)C(=O)N(CC(=O)NCc1cccc(Cl)c1)C2=O. The molecule has 1 N–H and O–H groups in total. The molecule has 122 valence electrons. The highest BCUT2D eigenvalue weighted by Crippen LogP contribution is 2.23. The monoisotopic (exact) mass is 342 g/mol. The first-order valence-electron chi connectivity index (χ1n) is 7.43. The Labute approximate surface area is 144 Å². The van der Waals surface area contributed by atoms with Gasteiger partial charge in [-0.3, -0.25) is 19.3 Å². The average Bonchev–Trinajstić information content (AvgIpc) is 2.78. The van der Waals surface area contributed by atoms with Crippen LogP contribution in [0.1, 0.15) is 31.8 Å². The van der Waals surface area contributed by atoms with Gasteiger partial charge in [-0.25, -0.2) is 0 Å². The zero-order chi connectivity index (χ0) is 17.3. The summed E-state index contributed by atoms with van der Waals surface area (Å²) in [5.74, 6) is -1.27. The van der Waals surface area contributed by atoms with Crippen molar-refractivity contribution >= 4 is 29.3 Å². The third kappa shape index (κ3) is 3.16. The maximum atomic E-state index is 12.3. The highest BCUT2D eigenvalue weighted by Gasteiger charge is 2.36. The van der Waals surface area contributed by atoms with Crippen molar-refractivity contribution < 1.29 is 14.4 Å². The van der Waals surface area contributed by atoms with Crippen LogP contribution in [0.3, 0.4) is 0 Å². The number of benzene rings is 2. The first-order valence-corrected chi connectivity index (χ1v) is 7.81. The Bertz CT molecular complexity index is 848. The molecule has 0 fully saturated rings. The van der Waals surface area contributed by atoms with Crippen LogP contribution in [0.2, 0.25) is 5.02 Å². The normalized spacial score (nSPS) is 13.2. The zero-order valence-electron chi connectivity index (χ0n) is 13.0. The number of carbonyl (C=O) groups is 3. The summed E-state index contributed by atoms with van der Waals surface area (Å²) in [5, 5.41) is 3.27. The molecule has 0 atom stereocenters. The molecule has 24 heavy (non-hydrogen) atoms. The number of fused-ring (bicyclic) bond motifs is 1. The van der Waals surface area contributed by atoms with Crippen molar-refractivity contribution in [1.82, 2.24) is 10.2 Å². The molecule has 0 saturated heterocycles. The first-order chi connectivity index (χ1) is 11.5. The third-order valence-electron chi connectivity index (χ3n) is 3.81. The fraction of sp³-hybridized carbons (Fsp3) is 0.167. The van der Waals surface area contributed by atoms with Crippen LogP contribution >= 0.6 is 11.6 Å². The summed E-state index contributed by atoms with van der Waals surface area (Å²) in [5.41, 5.74) is 2.42. The highest BCUT2D eigenvalue weighted by atomic mass is 35.5. The lowest BCUT2D eigenvalue weighted by Crippen LogP contribution is -2.40. The molecule has 1 aliphatic rings. The van der Waals surface area contributed by atoms with Crippen LogP contribution in [-0.4, -0.2) is 29.2 Å². The van der Waals surface area contributed by atoms with Crippen LogP contribution in [0.4, 0.5) is 0 Å². The number of nitrogens with zero attached hydrogens (tertiary/aromatic N) is 1. The second-order valence-electron chi connectivity index (χ2n) is 5.65. The van der Waals surface area contributed by atoms with E-state index in [1.165, 1.54) is 0 Å². The van der Waals surface area contributed by atoms with Gasteiger partial charge >= 0.3 is 0 Å². The van der Waals surface area contributed by atoms with Crippen LogP contribution in [-0.2, 0) is 11.3 Å². The molecule has 1 aliphatic heterocycles. The quantitative estimate of drug-likeness (QED) is 0.868. The number of imide groups is 1. The van der Waals surface area contributed by atoms with E-state index in [1.807, 2.05) is 13.0 Å². The van der Waals surface area contributed by atoms with Crippen molar-refractivity contribution in [3.05, 3.63) is 69.7 Å². The summed E-state index contributed by atoms with van der Waals surface area (Å²) in [6.07, 6.45) is 0. The molecule has 0 bridgehead atoms. The molecule has 0 aromatic heterocycles. The van der Waals surface area contributed by atoms with Gasteiger partial charge in [0.15, 0.2) is 0 Å². The van der Waals surface area contributed by atoms with E-state index in [1.54, 1.807) is 36.4 Å². The number of carbonyl (C=O) groups excluding carboxylic acids is 3. The molecule has 3 amide bonds. The van der Waals surface area contributed by atoms with Crippen LogP contribution < -0.4 is 5.32 Å². The Kier molecular flexibility index (Phi) is 4.36. The molecular formula is C18H15ClN2O3. The van der Waals surface area contributed by atoms with Crippen molar-refractivity contribution in [1.29, 1.82) is 0 Å². The lowest BCUT2D eigenvalue weighted by molar-refractivity contribution is -0.121. The molecule has 0 spiro atoms. The van der Waals surface area contributed by atoms with Crippen molar-refractivity contribution in [2.45, 2.75) is 13.5 Å². The van der Waals surface area contributed by atoms with Gasteiger partial charge in [0, 0.05) is 11.6 Å². The maximum Gasteiger partial charge on any atom is 0.262 e. The Morgan fingerprint density at radius 2 is 1.83 bits per heavy atom. The number of rotatable bonds is 4. The van der Waals surface area contributed by atoms with E-state index in [0.717, 1.165) is 16.0 Å². The molecule has 0 aliphatic carbocycles. The molecule has 5 nitrogen and oxygen atoms in total. The van der Waals surface area contributed by atoms with E-state index < -0.39 is 17.7 Å². The van der Waals surface area contributed by atoms with E-state index in [-0.39, 0.29) is 13.1 Å². The Hall–Kier alpha value is -2.66. The third-order valence-corrected chi connectivity index (χ3v) is 4.04. The van der Waals surface area contributed by atoms with E-state index in [0.29, 0.717) is 16.1 Å². The van der Waals surface area contributed by atoms with Crippen LogP contribution in [0, 0.1) is 6.92 Å². The predicted octanol–water partition coefficient (Wildman–Crippen LogP) is 2.56. The van der Waals surface area contributed by atoms with E-state index in [4.69, 9.17) is 11.6 Å². The summed E-state index contributed by atoms with van der Waals surface area (Å²) in [6.45, 7) is 1.83. The van der Waals surface area contributed by atoms with E-state index in [9.17, 15) is 14.4 Å². The van der Waals surface area contributed by atoms with Crippen molar-refractivity contribution in [3.63, 3.8) is 0 Å². The minimum Gasteiger partial charge on any atom is -0.350 e. The fourth-order valence-corrected chi connectivity index (χ4v) is 2.81. The van der Waals surface area contributed by atoms with Gasteiger partial charge in [-0.15, -0.1) is 0 Å².